The van der Waals surface area contributed by atoms with E-state index in [0.29, 0.717) is 0 Å². The van der Waals surface area contributed by atoms with E-state index in [2.05, 4.69) is 13.8 Å². The molecule has 3 aliphatic carbocycles. The van der Waals surface area contributed by atoms with Crippen LogP contribution in [0.3, 0.4) is 0 Å². The minimum Gasteiger partial charge on any atom is -0.0625 e. The van der Waals surface area contributed by atoms with Crippen LogP contribution in [0.2, 0.25) is 0 Å². The molecular weight excluding hydrogens is 144 g/mol. The van der Waals surface area contributed by atoms with E-state index in [0.717, 1.165) is 29.6 Å². The van der Waals surface area contributed by atoms with Gasteiger partial charge in [-0.05, 0) is 61.2 Å². The van der Waals surface area contributed by atoms with Crippen LogP contribution in [0, 0.1) is 35.5 Å². The smallest absolute Gasteiger partial charge is 0.0349 e. The van der Waals surface area contributed by atoms with Gasteiger partial charge in [0.2, 0.25) is 0 Å². The lowest BCUT2D eigenvalue weighted by Crippen LogP contribution is -2.22. The molecule has 0 radical (unpaired) electrons. The lowest BCUT2D eigenvalue weighted by atomic mass is 9.77. The second-order valence-corrected chi connectivity index (χ2v) is 5.78. The molecule has 3 saturated carbocycles. The minimum atomic E-state index is 1.05. The molecule has 2 bridgehead atoms. The molecule has 0 spiro atoms. The van der Waals surface area contributed by atoms with Crippen molar-refractivity contribution in [3.8, 4) is 0 Å². The van der Waals surface area contributed by atoms with Gasteiger partial charge in [-0.1, -0.05) is 13.8 Å². The summed E-state index contributed by atoms with van der Waals surface area (Å²) in [6.45, 7) is 4.95. The molecule has 0 aliphatic heterocycles. The normalized spacial score (nSPS) is 62.5. The van der Waals surface area contributed by atoms with Gasteiger partial charge in [0.15, 0.2) is 0 Å². The second kappa shape index (κ2) is 2.27. The SMILES string of the molecule is CC1CC2C3C[C@H](CC3C)C2C1. The van der Waals surface area contributed by atoms with E-state index >= 15 is 0 Å². The highest BCUT2D eigenvalue weighted by atomic mass is 14.6. The molecule has 3 fully saturated rings. The van der Waals surface area contributed by atoms with E-state index in [9.17, 15) is 0 Å². The van der Waals surface area contributed by atoms with Crippen LogP contribution in [0.4, 0.5) is 0 Å². The summed E-state index contributed by atoms with van der Waals surface area (Å²) in [6.07, 6.45) is 6.30. The molecule has 0 aromatic heterocycles. The Morgan fingerprint density at radius 1 is 0.750 bits per heavy atom. The predicted molar refractivity (Wildman–Crippen MR) is 50.8 cm³/mol. The molecule has 6 atom stereocenters. The molecule has 3 rings (SSSR count). The Morgan fingerprint density at radius 2 is 1.50 bits per heavy atom. The Morgan fingerprint density at radius 3 is 2.33 bits per heavy atom. The van der Waals surface area contributed by atoms with Gasteiger partial charge in [-0.2, -0.15) is 0 Å². The minimum absolute atomic E-state index is 1.05. The van der Waals surface area contributed by atoms with E-state index in [-0.39, 0.29) is 0 Å². The first-order valence-corrected chi connectivity index (χ1v) is 5.75. The molecule has 0 aromatic carbocycles. The van der Waals surface area contributed by atoms with E-state index in [1.165, 1.54) is 5.92 Å². The Hall–Kier alpha value is 0. The summed E-state index contributed by atoms with van der Waals surface area (Å²) in [5.74, 6) is 6.75. The Bertz CT molecular complexity index is 192. The number of fused-ring (bicyclic) bond motifs is 5. The van der Waals surface area contributed by atoms with E-state index in [1.807, 2.05) is 0 Å². The molecule has 0 nitrogen and oxygen atoms in total. The van der Waals surface area contributed by atoms with Crippen molar-refractivity contribution >= 4 is 0 Å². The summed E-state index contributed by atoms with van der Waals surface area (Å²) < 4.78 is 0. The first kappa shape index (κ1) is 7.41. The van der Waals surface area contributed by atoms with Crippen molar-refractivity contribution in [3.05, 3.63) is 0 Å². The third kappa shape index (κ3) is 0.791. The number of hydrogen-bond acceptors (Lipinski definition) is 0. The van der Waals surface area contributed by atoms with Crippen molar-refractivity contribution in [1.82, 2.24) is 0 Å². The predicted octanol–water partition coefficient (Wildman–Crippen LogP) is 3.32. The summed E-state index contributed by atoms with van der Waals surface area (Å²) in [5, 5.41) is 0. The van der Waals surface area contributed by atoms with Crippen molar-refractivity contribution in [2.24, 2.45) is 35.5 Å². The van der Waals surface area contributed by atoms with Crippen LogP contribution in [0.1, 0.15) is 39.5 Å². The van der Waals surface area contributed by atoms with Gasteiger partial charge in [-0.25, -0.2) is 0 Å². The molecule has 0 aromatic rings. The quantitative estimate of drug-likeness (QED) is 0.515. The maximum Gasteiger partial charge on any atom is -0.0349 e. The van der Waals surface area contributed by atoms with Crippen molar-refractivity contribution in [1.29, 1.82) is 0 Å². The molecule has 12 heavy (non-hydrogen) atoms. The first-order valence-electron chi connectivity index (χ1n) is 5.75. The maximum atomic E-state index is 2.49. The molecule has 0 saturated heterocycles. The van der Waals surface area contributed by atoms with E-state index in [1.54, 1.807) is 25.7 Å². The Balaban J connectivity index is 1.86. The zero-order valence-corrected chi connectivity index (χ0v) is 8.29. The molecule has 68 valence electrons. The highest BCUT2D eigenvalue weighted by Gasteiger charge is 2.53. The second-order valence-electron chi connectivity index (χ2n) is 5.78. The highest BCUT2D eigenvalue weighted by molar-refractivity contribution is 5.02. The monoisotopic (exact) mass is 164 g/mol. The summed E-state index contributed by atoms with van der Waals surface area (Å²) in [5.41, 5.74) is 0. The van der Waals surface area contributed by atoms with Gasteiger partial charge < -0.3 is 0 Å². The van der Waals surface area contributed by atoms with Crippen LogP contribution in [0.25, 0.3) is 0 Å². The molecule has 5 unspecified atom stereocenters. The van der Waals surface area contributed by atoms with E-state index < -0.39 is 0 Å². The van der Waals surface area contributed by atoms with Gasteiger partial charge in [0.25, 0.3) is 0 Å². The van der Waals surface area contributed by atoms with Crippen molar-refractivity contribution in [2.75, 3.05) is 0 Å². The molecule has 0 heterocycles. The molecule has 0 N–H and O–H groups in total. The van der Waals surface area contributed by atoms with Gasteiger partial charge in [0, 0.05) is 0 Å². The fourth-order valence-electron chi connectivity index (χ4n) is 4.69. The van der Waals surface area contributed by atoms with Crippen LogP contribution in [-0.4, -0.2) is 0 Å². The fraction of sp³-hybridized carbons (Fsp3) is 1.00. The standard InChI is InChI=1S/C12H20/c1-7-3-11-9-5-8(2)10(6-9)12(11)4-7/h7-12H,3-6H2,1-2H3/t7?,8?,9-,10?,11?,12?/m0/s1. The van der Waals surface area contributed by atoms with Crippen LogP contribution in [0.15, 0.2) is 0 Å². The Labute approximate surface area is 75.7 Å². The molecule has 3 aliphatic rings. The van der Waals surface area contributed by atoms with Crippen LogP contribution in [0.5, 0.6) is 0 Å². The zero-order valence-electron chi connectivity index (χ0n) is 8.29. The Kier molecular flexibility index (Phi) is 1.40. The van der Waals surface area contributed by atoms with Crippen LogP contribution < -0.4 is 0 Å². The van der Waals surface area contributed by atoms with Gasteiger partial charge in [-0.15, -0.1) is 0 Å². The summed E-state index contributed by atoms with van der Waals surface area (Å²) >= 11 is 0. The third-order valence-electron chi connectivity index (χ3n) is 5.03. The average molecular weight is 164 g/mol. The van der Waals surface area contributed by atoms with E-state index in [4.69, 9.17) is 0 Å². The number of rotatable bonds is 0. The summed E-state index contributed by atoms with van der Waals surface area (Å²) in [6, 6.07) is 0. The fourth-order valence-corrected chi connectivity index (χ4v) is 4.69. The van der Waals surface area contributed by atoms with Crippen molar-refractivity contribution < 1.29 is 0 Å². The molecule has 0 amide bonds. The summed E-state index contributed by atoms with van der Waals surface area (Å²) in [7, 11) is 0. The lowest BCUT2D eigenvalue weighted by molar-refractivity contribution is 0.201. The lowest BCUT2D eigenvalue weighted by Gasteiger charge is -2.29. The number of hydrogen-bond donors (Lipinski definition) is 0. The first-order chi connectivity index (χ1) is 5.75. The van der Waals surface area contributed by atoms with Gasteiger partial charge in [-0.3, -0.25) is 0 Å². The van der Waals surface area contributed by atoms with Gasteiger partial charge in [0.1, 0.15) is 0 Å². The maximum absolute atomic E-state index is 2.49. The topological polar surface area (TPSA) is 0 Å². The average Bonchev–Trinajstić information content (AvgIpc) is 2.57. The largest absolute Gasteiger partial charge is 0.0625 e. The summed E-state index contributed by atoms with van der Waals surface area (Å²) in [4.78, 5) is 0. The van der Waals surface area contributed by atoms with Crippen LogP contribution in [-0.2, 0) is 0 Å². The van der Waals surface area contributed by atoms with Crippen molar-refractivity contribution in [2.45, 2.75) is 39.5 Å². The van der Waals surface area contributed by atoms with Gasteiger partial charge in [0.05, 0.1) is 0 Å². The molecular formula is C12H20. The molecule has 0 heteroatoms. The van der Waals surface area contributed by atoms with Gasteiger partial charge >= 0.3 is 0 Å². The zero-order chi connectivity index (χ0) is 8.29. The third-order valence-corrected chi connectivity index (χ3v) is 5.03. The highest BCUT2D eigenvalue weighted by Crippen LogP contribution is 2.61. The van der Waals surface area contributed by atoms with Crippen molar-refractivity contribution in [3.63, 3.8) is 0 Å². The van der Waals surface area contributed by atoms with Crippen LogP contribution >= 0.6 is 0 Å².